The Hall–Kier alpha value is -3.53. The van der Waals surface area contributed by atoms with Crippen molar-refractivity contribution in [3.05, 3.63) is 93.2 Å². The largest absolute Gasteiger partial charge is 0.494 e. The molecule has 5 nitrogen and oxygen atoms in total. The van der Waals surface area contributed by atoms with Crippen molar-refractivity contribution in [3.8, 4) is 17.6 Å². The van der Waals surface area contributed by atoms with Crippen LogP contribution in [-0.2, 0) is 11.4 Å². The molecular weight excluding hydrogens is 466 g/mol. The van der Waals surface area contributed by atoms with Gasteiger partial charge in [0.1, 0.15) is 35.6 Å². The van der Waals surface area contributed by atoms with Gasteiger partial charge in [0.25, 0.3) is 5.91 Å². The number of nitrogens with one attached hydrogen (secondary N) is 1. The molecule has 8 heteroatoms. The van der Waals surface area contributed by atoms with Gasteiger partial charge in [-0.2, -0.15) is 5.26 Å². The third-order valence-corrected chi connectivity index (χ3v) is 4.90. The maximum atomic E-state index is 13.5. The molecule has 1 N–H and O–H groups in total. The molecule has 0 aliphatic rings. The molecule has 0 unspecified atom stereocenters. The highest BCUT2D eigenvalue weighted by molar-refractivity contribution is 6.36. The SMILES string of the molecule is CCOc1ccc(NC(=O)/C(C#N)=C/c2cc(Cl)cc(Cl)c2OCc2cccc(F)c2)cc1. The minimum absolute atomic E-state index is 0.0280. The van der Waals surface area contributed by atoms with Crippen LogP contribution in [0.2, 0.25) is 10.0 Å². The van der Waals surface area contributed by atoms with Crippen LogP contribution in [0.15, 0.2) is 66.2 Å². The van der Waals surface area contributed by atoms with Crippen LogP contribution in [0.4, 0.5) is 10.1 Å². The zero-order valence-electron chi connectivity index (χ0n) is 17.6. The average Bonchev–Trinajstić information content (AvgIpc) is 2.78. The van der Waals surface area contributed by atoms with Gasteiger partial charge in [-0.3, -0.25) is 4.79 Å². The van der Waals surface area contributed by atoms with E-state index in [1.54, 1.807) is 36.4 Å². The van der Waals surface area contributed by atoms with Gasteiger partial charge in [-0.05, 0) is 67.1 Å². The molecule has 3 aromatic rings. The average molecular weight is 485 g/mol. The first-order chi connectivity index (χ1) is 15.9. The number of benzene rings is 3. The van der Waals surface area contributed by atoms with Gasteiger partial charge < -0.3 is 14.8 Å². The molecule has 33 heavy (non-hydrogen) atoms. The Bertz CT molecular complexity index is 1220. The molecule has 0 atom stereocenters. The third-order valence-electron chi connectivity index (χ3n) is 4.40. The van der Waals surface area contributed by atoms with Gasteiger partial charge in [-0.15, -0.1) is 0 Å². The fraction of sp³-hybridized carbons (Fsp3) is 0.120. The summed E-state index contributed by atoms with van der Waals surface area (Å²) in [5.74, 6) is -0.128. The van der Waals surface area contributed by atoms with Crippen molar-refractivity contribution < 1.29 is 18.7 Å². The number of hydrogen-bond donors (Lipinski definition) is 1. The van der Waals surface area contributed by atoms with Crippen molar-refractivity contribution in [2.45, 2.75) is 13.5 Å². The molecule has 0 saturated carbocycles. The number of nitriles is 1. The summed E-state index contributed by atoms with van der Waals surface area (Å²) in [4.78, 5) is 12.7. The second-order valence-electron chi connectivity index (χ2n) is 6.81. The van der Waals surface area contributed by atoms with Gasteiger partial charge in [0.15, 0.2) is 0 Å². The maximum absolute atomic E-state index is 13.5. The maximum Gasteiger partial charge on any atom is 0.266 e. The summed E-state index contributed by atoms with van der Waals surface area (Å²) in [5.41, 5.74) is 1.24. The van der Waals surface area contributed by atoms with Gasteiger partial charge in [0.05, 0.1) is 11.6 Å². The van der Waals surface area contributed by atoms with Crippen molar-refractivity contribution in [2.75, 3.05) is 11.9 Å². The van der Waals surface area contributed by atoms with Crippen LogP contribution in [0.25, 0.3) is 6.08 Å². The number of ether oxygens (including phenoxy) is 2. The second kappa shape index (κ2) is 11.4. The molecule has 0 bridgehead atoms. The lowest BCUT2D eigenvalue weighted by molar-refractivity contribution is -0.112. The molecule has 0 radical (unpaired) electrons. The van der Waals surface area contributed by atoms with Crippen molar-refractivity contribution in [3.63, 3.8) is 0 Å². The zero-order valence-corrected chi connectivity index (χ0v) is 19.1. The first-order valence-electron chi connectivity index (χ1n) is 9.92. The van der Waals surface area contributed by atoms with E-state index in [2.05, 4.69) is 5.32 Å². The molecule has 1 amide bonds. The van der Waals surface area contributed by atoms with Crippen LogP contribution < -0.4 is 14.8 Å². The van der Waals surface area contributed by atoms with Gasteiger partial charge in [0.2, 0.25) is 0 Å². The van der Waals surface area contributed by atoms with E-state index >= 15 is 0 Å². The van der Waals surface area contributed by atoms with E-state index in [0.29, 0.717) is 34.2 Å². The molecule has 168 valence electrons. The smallest absolute Gasteiger partial charge is 0.266 e. The van der Waals surface area contributed by atoms with Crippen LogP contribution >= 0.6 is 23.2 Å². The summed E-state index contributed by atoms with van der Waals surface area (Å²) in [5, 5.41) is 12.7. The van der Waals surface area contributed by atoms with Gasteiger partial charge in [-0.25, -0.2) is 4.39 Å². The molecular formula is C25H19Cl2FN2O3. The minimum Gasteiger partial charge on any atom is -0.494 e. The summed E-state index contributed by atoms with van der Waals surface area (Å²) in [6.07, 6.45) is 1.34. The molecule has 0 fully saturated rings. The molecule has 0 aliphatic carbocycles. The molecule has 3 rings (SSSR count). The number of amides is 1. The Labute approximate surface area is 201 Å². The highest BCUT2D eigenvalue weighted by Gasteiger charge is 2.15. The Balaban J connectivity index is 1.84. The highest BCUT2D eigenvalue weighted by Crippen LogP contribution is 2.34. The number of halogens is 3. The van der Waals surface area contributed by atoms with Crippen molar-refractivity contribution in [2.24, 2.45) is 0 Å². The number of rotatable bonds is 8. The number of hydrogen-bond acceptors (Lipinski definition) is 4. The van der Waals surface area contributed by atoms with E-state index in [1.807, 2.05) is 13.0 Å². The van der Waals surface area contributed by atoms with E-state index in [-0.39, 0.29) is 23.0 Å². The topological polar surface area (TPSA) is 71.3 Å². The van der Waals surface area contributed by atoms with Crippen LogP contribution in [0, 0.1) is 17.1 Å². The van der Waals surface area contributed by atoms with Gasteiger partial charge in [-0.1, -0.05) is 35.3 Å². The zero-order chi connectivity index (χ0) is 23.8. The first kappa shape index (κ1) is 24.1. The van der Waals surface area contributed by atoms with Crippen molar-refractivity contribution in [1.29, 1.82) is 5.26 Å². The summed E-state index contributed by atoms with van der Waals surface area (Å²) in [6, 6.07) is 17.6. The van der Waals surface area contributed by atoms with Gasteiger partial charge in [0, 0.05) is 16.3 Å². The lowest BCUT2D eigenvalue weighted by Gasteiger charge is -2.13. The number of anilines is 1. The summed E-state index contributed by atoms with van der Waals surface area (Å²) >= 11 is 12.4. The van der Waals surface area contributed by atoms with Crippen molar-refractivity contribution in [1.82, 2.24) is 0 Å². The van der Waals surface area contributed by atoms with E-state index in [1.165, 1.54) is 30.3 Å². The molecule has 0 aromatic heterocycles. The fourth-order valence-electron chi connectivity index (χ4n) is 2.93. The monoisotopic (exact) mass is 484 g/mol. The lowest BCUT2D eigenvalue weighted by Crippen LogP contribution is -2.13. The van der Waals surface area contributed by atoms with Crippen LogP contribution in [0.1, 0.15) is 18.1 Å². The Morgan fingerprint density at radius 2 is 1.88 bits per heavy atom. The normalized spacial score (nSPS) is 10.9. The summed E-state index contributed by atoms with van der Waals surface area (Å²) < 4.78 is 24.6. The number of carbonyl (C=O) groups excluding carboxylic acids is 1. The van der Waals surface area contributed by atoms with Crippen molar-refractivity contribution >= 4 is 40.9 Å². The third kappa shape index (κ3) is 6.72. The summed E-state index contributed by atoms with van der Waals surface area (Å²) in [7, 11) is 0. The van der Waals surface area contributed by atoms with Crippen LogP contribution in [0.3, 0.4) is 0 Å². The lowest BCUT2D eigenvalue weighted by atomic mass is 10.1. The van der Waals surface area contributed by atoms with E-state index in [0.717, 1.165) is 0 Å². The molecule has 0 saturated heterocycles. The predicted octanol–water partition coefficient (Wildman–Crippen LogP) is 6.66. The molecule has 0 spiro atoms. The van der Waals surface area contributed by atoms with Crippen LogP contribution in [-0.4, -0.2) is 12.5 Å². The van der Waals surface area contributed by atoms with Crippen LogP contribution in [0.5, 0.6) is 11.5 Å². The first-order valence-corrected chi connectivity index (χ1v) is 10.7. The Morgan fingerprint density at radius 1 is 1.12 bits per heavy atom. The minimum atomic E-state index is -0.617. The van der Waals surface area contributed by atoms with E-state index in [9.17, 15) is 14.4 Å². The Kier molecular flexibility index (Phi) is 8.31. The molecule has 0 aliphatic heterocycles. The molecule has 0 heterocycles. The Morgan fingerprint density at radius 3 is 2.55 bits per heavy atom. The molecule has 3 aromatic carbocycles. The number of nitrogens with zero attached hydrogens (tertiary/aromatic N) is 1. The standard InChI is InChI=1S/C25H19Cl2FN2O3/c1-2-32-22-8-6-21(7-9-22)30-25(31)18(14-29)11-17-12-19(26)13-23(27)24(17)33-15-16-4-3-5-20(28)10-16/h3-13H,2,15H2,1H3,(H,30,31)/b18-11+. The van der Waals surface area contributed by atoms with Gasteiger partial charge >= 0.3 is 0 Å². The number of carbonyl (C=O) groups is 1. The summed E-state index contributed by atoms with van der Waals surface area (Å²) in [6.45, 7) is 2.43. The quantitative estimate of drug-likeness (QED) is 0.286. The predicted molar refractivity (Wildman–Crippen MR) is 127 cm³/mol. The highest BCUT2D eigenvalue weighted by atomic mass is 35.5. The van der Waals surface area contributed by atoms with E-state index < -0.39 is 11.7 Å². The second-order valence-corrected chi connectivity index (χ2v) is 7.65. The fourth-order valence-corrected chi connectivity index (χ4v) is 3.49. The van der Waals surface area contributed by atoms with E-state index in [4.69, 9.17) is 32.7 Å².